The van der Waals surface area contributed by atoms with Crippen molar-refractivity contribution in [1.82, 2.24) is 0 Å². The zero-order chi connectivity index (χ0) is 15.4. The van der Waals surface area contributed by atoms with Gasteiger partial charge in [0.2, 0.25) is 0 Å². The predicted molar refractivity (Wildman–Crippen MR) is 80.3 cm³/mol. The smallest absolute Gasteiger partial charge is 0.330 e. The fraction of sp³-hybridized carbons (Fsp3) is 0.438. The van der Waals surface area contributed by atoms with Crippen LogP contribution in [0.5, 0.6) is 0 Å². The van der Waals surface area contributed by atoms with E-state index < -0.39 is 5.97 Å². The molecule has 2 N–H and O–H groups in total. The molecule has 0 fully saturated rings. The molecule has 108 valence electrons. The molecule has 0 bridgehead atoms. The fourth-order valence-corrected chi connectivity index (χ4v) is 0.786. The molecule has 3 nitrogen and oxygen atoms in total. The highest BCUT2D eigenvalue weighted by molar-refractivity contribution is 5.85. The van der Waals surface area contributed by atoms with Gasteiger partial charge in [0.05, 0.1) is 0 Å². The van der Waals surface area contributed by atoms with Crippen LogP contribution in [0.15, 0.2) is 35.9 Å². The lowest BCUT2D eigenvalue weighted by Crippen LogP contribution is -1.93. The lowest BCUT2D eigenvalue weighted by atomic mass is 10.1. The summed E-state index contributed by atoms with van der Waals surface area (Å²) >= 11 is 0. The van der Waals surface area contributed by atoms with Crippen LogP contribution in [0.2, 0.25) is 0 Å². The molecule has 0 aliphatic carbocycles. The Morgan fingerprint density at radius 3 is 1.58 bits per heavy atom. The van der Waals surface area contributed by atoms with Crippen molar-refractivity contribution in [3.63, 3.8) is 0 Å². The Hall–Kier alpha value is -1.61. The van der Waals surface area contributed by atoms with E-state index >= 15 is 0 Å². The zero-order valence-electron chi connectivity index (χ0n) is 12.8. The third-order valence-corrected chi connectivity index (χ3v) is 2.20. The molecule has 0 aliphatic heterocycles. The molecule has 0 heterocycles. The molecule has 1 aromatic carbocycles. The lowest BCUT2D eigenvalue weighted by molar-refractivity contribution is -0.132. The maximum Gasteiger partial charge on any atom is 0.330 e. The van der Waals surface area contributed by atoms with Crippen LogP contribution in [0.4, 0.5) is 0 Å². The van der Waals surface area contributed by atoms with Crippen LogP contribution in [0.25, 0.3) is 0 Å². The Morgan fingerprint density at radius 1 is 1.16 bits per heavy atom. The van der Waals surface area contributed by atoms with E-state index in [-0.39, 0.29) is 6.10 Å². The first-order valence-electron chi connectivity index (χ1n) is 6.28. The third kappa shape index (κ3) is 14.3. The minimum Gasteiger partial charge on any atom is -0.478 e. The Morgan fingerprint density at radius 2 is 1.47 bits per heavy atom. The second-order valence-corrected chi connectivity index (χ2v) is 4.45. The Kier molecular flexibility index (Phi) is 11.9. The van der Waals surface area contributed by atoms with E-state index in [0.29, 0.717) is 5.57 Å². The average molecular weight is 266 g/mol. The number of allylic oxidation sites excluding steroid dienone is 1. The summed E-state index contributed by atoms with van der Waals surface area (Å²) < 4.78 is 0. The summed E-state index contributed by atoms with van der Waals surface area (Å²) in [6.45, 7) is 10.9. The number of rotatable bonds is 1. The third-order valence-electron chi connectivity index (χ3n) is 2.20. The van der Waals surface area contributed by atoms with Gasteiger partial charge in [-0.05, 0) is 52.7 Å². The van der Waals surface area contributed by atoms with Crippen molar-refractivity contribution in [2.75, 3.05) is 0 Å². The highest BCUT2D eigenvalue weighted by Crippen LogP contribution is 2.02. The number of aliphatic hydroxyl groups is 1. The van der Waals surface area contributed by atoms with Crippen molar-refractivity contribution in [2.45, 2.75) is 47.6 Å². The molecule has 0 saturated carbocycles. The van der Waals surface area contributed by atoms with E-state index in [1.54, 1.807) is 33.8 Å². The molecular weight excluding hydrogens is 240 g/mol. The van der Waals surface area contributed by atoms with E-state index in [1.807, 2.05) is 0 Å². The molecule has 0 aliphatic rings. The number of hydrogen-bond donors (Lipinski definition) is 2. The van der Waals surface area contributed by atoms with E-state index in [1.165, 1.54) is 11.1 Å². The molecule has 0 amide bonds. The number of carboxylic acids is 1. The number of carboxylic acid groups (broad SMARTS) is 1. The first-order chi connectivity index (χ1) is 8.72. The summed E-state index contributed by atoms with van der Waals surface area (Å²) in [5.41, 5.74) is 3.13. The van der Waals surface area contributed by atoms with E-state index in [2.05, 4.69) is 38.1 Å². The van der Waals surface area contributed by atoms with Crippen LogP contribution in [-0.4, -0.2) is 22.3 Å². The normalized spacial score (nSPS) is 10.0. The standard InChI is InChI=1S/C8H10.C5H8O2.C3H8O/c1-7-5-3-4-6-8(7)2;1-3-4(2)5(6)7;1-3(2)4/h3-6H,1-2H3;3H,1-2H3,(H,6,7);3-4H,1-2H3. The van der Waals surface area contributed by atoms with Gasteiger partial charge in [-0.3, -0.25) is 0 Å². The van der Waals surface area contributed by atoms with Crippen molar-refractivity contribution in [1.29, 1.82) is 0 Å². The fourth-order valence-electron chi connectivity index (χ4n) is 0.786. The molecular formula is C16H26O3. The number of aliphatic carboxylic acids is 1. The van der Waals surface area contributed by atoms with Gasteiger partial charge >= 0.3 is 5.97 Å². The van der Waals surface area contributed by atoms with Crippen LogP contribution in [0.3, 0.4) is 0 Å². The Labute approximate surface area is 116 Å². The average Bonchev–Trinajstić information content (AvgIpc) is 2.32. The van der Waals surface area contributed by atoms with Crippen LogP contribution >= 0.6 is 0 Å². The minimum atomic E-state index is -0.845. The van der Waals surface area contributed by atoms with Gasteiger partial charge in [-0.25, -0.2) is 4.79 Å². The van der Waals surface area contributed by atoms with Gasteiger partial charge in [0, 0.05) is 11.7 Å². The zero-order valence-corrected chi connectivity index (χ0v) is 12.8. The number of carbonyl (C=O) groups is 1. The van der Waals surface area contributed by atoms with Crippen molar-refractivity contribution >= 4 is 5.97 Å². The van der Waals surface area contributed by atoms with Crippen LogP contribution < -0.4 is 0 Å². The molecule has 1 rings (SSSR count). The van der Waals surface area contributed by atoms with Gasteiger partial charge in [-0.15, -0.1) is 0 Å². The van der Waals surface area contributed by atoms with Gasteiger partial charge in [0.15, 0.2) is 0 Å². The molecule has 0 atom stereocenters. The summed E-state index contributed by atoms with van der Waals surface area (Å²) in [7, 11) is 0. The van der Waals surface area contributed by atoms with Crippen LogP contribution in [0.1, 0.15) is 38.8 Å². The lowest BCUT2D eigenvalue weighted by Gasteiger charge is -1.93. The summed E-state index contributed by atoms with van der Waals surface area (Å²) in [6, 6.07) is 8.36. The first kappa shape index (κ1) is 19.7. The quantitative estimate of drug-likeness (QED) is 0.761. The largest absolute Gasteiger partial charge is 0.478 e. The molecule has 0 saturated heterocycles. The number of aliphatic hydroxyl groups excluding tert-OH is 1. The van der Waals surface area contributed by atoms with Crippen molar-refractivity contribution in [3.05, 3.63) is 47.0 Å². The van der Waals surface area contributed by atoms with Crippen molar-refractivity contribution in [3.8, 4) is 0 Å². The Bertz CT molecular complexity index is 369. The first-order valence-corrected chi connectivity index (χ1v) is 6.28. The maximum absolute atomic E-state index is 9.86. The predicted octanol–water partition coefficient (Wildman–Crippen LogP) is 3.73. The summed E-state index contributed by atoms with van der Waals surface area (Å²) in [4.78, 5) is 9.86. The van der Waals surface area contributed by atoms with E-state index in [9.17, 15) is 4.79 Å². The van der Waals surface area contributed by atoms with Crippen molar-refractivity contribution in [2.24, 2.45) is 0 Å². The molecule has 1 aromatic rings. The second-order valence-electron chi connectivity index (χ2n) is 4.45. The number of hydrogen-bond acceptors (Lipinski definition) is 2. The second kappa shape index (κ2) is 11.5. The van der Waals surface area contributed by atoms with E-state index in [0.717, 1.165) is 0 Å². The summed E-state index contributed by atoms with van der Waals surface area (Å²) in [6.07, 6.45) is 1.39. The Balaban J connectivity index is 0. The van der Waals surface area contributed by atoms with Gasteiger partial charge < -0.3 is 10.2 Å². The maximum atomic E-state index is 9.86. The SMILES string of the molecule is CC(C)O.CC=C(C)C(=O)O.Cc1ccccc1C. The van der Waals surface area contributed by atoms with Crippen LogP contribution in [-0.2, 0) is 4.79 Å². The van der Waals surface area contributed by atoms with Crippen LogP contribution in [0, 0.1) is 13.8 Å². The summed E-state index contributed by atoms with van der Waals surface area (Å²) in [5.74, 6) is -0.845. The van der Waals surface area contributed by atoms with Gasteiger partial charge in [0.25, 0.3) is 0 Å². The molecule has 0 radical (unpaired) electrons. The monoisotopic (exact) mass is 266 g/mol. The van der Waals surface area contributed by atoms with E-state index in [4.69, 9.17) is 10.2 Å². The highest BCUT2D eigenvalue weighted by atomic mass is 16.4. The van der Waals surface area contributed by atoms with Gasteiger partial charge in [-0.2, -0.15) is 0 Å². The molecule has 19 heavy (non-hydrogen) atoms. The molecule has 0 aromatic heterocycles. The molecule has 0 unspecified atom stereocenters. The summed E-state index contributed by atoms with van der Waals surface area (Å²) in [5, 5.41) is 16.2. The highest BCUT2D eigenvalue weighted by Gasteiger charge is 1.93. The topological polar surface area (TPSA) is 57.5 Å². The number of benzene rings is 1. The molecule has 0 spiro atoms. The molecule has 3 heteroatoms. The minimum absolute atomic E-state index is 0.167. The van der Waals surface area contributed by atoms with Crippen molar-refractivity contribution < 1.29 is 15.0 Å². The van der Waals surface area contributed by atoms with Gasteiger partial charge in [-0.1, -0.05) is 30.3 Å². The number of aryl methyl sites for hydroxylation is 2. The van der Waals surface area contributed by atoms with Gasteiger partial charge in [0.1, 0.15) is 0 Å².